The fourth-order valence-corrected chi connectivity index (χ4v) is 8.51. The first-order chi connectivity index (χ1) is 11.8. The van der Waals surface area contributed by atoms with Crippen molar-refractivity contribution in [3.8, 4) is 0 Å². The number of piperidine rings is 1. The molecule has 4 aliphatic rings. The molecule has 3 heteroatoms. The molecule has 3 aliphatic carbocycles. The van der Waals surface area contributed by atoms with Gasteiger partial charge in [0.05, 0.1) is 0 Å². The Hall–Kier alpha value is -0.180. The molecule has 25 heavy (non-hydrogen) atoms. The van der Waals surface area contributed by atoms with Crippen LogP contribution in [0.3, 0.4) is 0 Å². The zero-order valence-corrected chi connectivity index (χ0v) is 17.5. The number of carbonyl (C=O) groups is 1. The number of hydrogen-bond donors (Lipinski definition) is 1. The van der Waals surface area contributed by atoms with Gasteiger partial charge in [0.2, 0.25) is 5.91 Å². The van der Waals surface area contributed by atoms with Gasteiger partial charge >= 0.3 is 0 Å². The van der Waals surface area contributed by atoms with E-state index in [1.54, 1.807) is 0 Å². The number of amides is 1. The van der Waals surface area contributed by atoms with Crippen molar-refractivity contribution in [3.63, 3.8) is 0 Å². The highest BCUT2D eigenvalue weighted by molar-refractivity contribution is 7.80. The number of likely N-dealkylation sites (tertiary alicyclic amines) is 1. The average Bonchev–Trinajstić information content (AvgIpc) is 2.91. The van der Waals surface area contributed by atoms with Gasteiger partial charge < -0.3 is 4.90 Å². The molecule has 0 spiro atoms. The van der Waals surface area contributed by atoms with Crippen LogP contribution in [0, 0.1) is 40.4 Å². The highest BCUT2D eigenvalue weighted by Gasteiger charge is 2.62. The Kier molecular flexibility index (Phi) is 4.49. The average molecular weight is 364 g/mol. The maximum Gasteiger partial charge on any atom is 0.222 e. The highest BCUT2D eigenvalue weighted by Crippen LogP contribution is 2.67. The van der Waals surface area contributed by atoms with Crippen molar-refractivity contribution in [3.05, 3.63) is 0 Å². The van der Waals surface area contributed by atoms with Crippen LogP contribution in [0.1, 0.15) is 72.1 Å². The Balaban J connectivity index is 1.66. The molecular formula is C22H37NOS. The second-order valence-electron chi connectivity index (χ2n) is 10.4. The number of nitrogens with zero attached hydrogens (tertiary/aromatic N) is 1. The topological polar surface area (TPSA) is 20.3 Å². The van der Waals surface area contributed by atoms with E-state index in [0.717, 1.165) is 48.2 Å². The van der Waals surface area contributed by atoms with Crippen molar-refractivity contribution in [2.75, 3.05) is 12.8 Å². The Labute approximate surface area is 159 Å². The highest BCUT2D eigenvalue weighted by atomic mass is 32.1. The maximum atomic E-state index is 12.3. The summed E-state index contributed by atoms with van der Waals surface area (Å²) in [4.78, 5) is 14.5. The summed E-state index contributed by atoms with van der Waals surface area (Å²) in [7, 11) is 2.07. The smallest absolute Gasteiger partial charge is 0.222 e. The summed E-state index contributed by atoms with van der Waals surface area (Å²) >= 11 is 4.56. The first-order valence-electron chi connectivity index (χ1n) is 10.7. The van der Waals surface area contributed by atoms with E-state index in [0.29, 0.717) is 22.8 Å². The number of hydrogen-bond acceptors (Lipinski definition) is 2. The van der Waals surface area contributed by atoms with E-state index in [4.69, 9.17) is 0 Å². The summed E-state index contributed by atoms with van der Waals surface area (Å²) in [6.45, 7) is 7.65. The molecule has 1 heterocycles. The lowest BCUT2D eigenvalue weighted by Crippen LogP contribution is -2.63. The van der Waals surface area contributed by atoms with Gasteiger partial charge in [0, 0.05) is 19.5 Å². The standard InChI is InChI=1S/C22H37NOS/c1-14-13-18-22(3,11-8-19(24)23(18)4)17-7-10-21(2)15(9-12-25)5-6-16(21)20(14)17/h14-18,20,25H,5-13H2,1-4H3/t14?,15?,16-,17+,18?,20-,21+,22+/m0/s1. The van der Waals surface area contributed by atoms with Crippen molar-refractivity contribution < 1.29 is 4.79 Å². The monoisotopic (exact) mass is 363 g/mol. The summed E-state index contributed by atoms with van der Waals surface area (Å²) in [5.74, 6) is 5.69. The van der Waals surface area contributed by atoms with Crippen LogP contribution >= 0.6 is 12.6 Å². The van der Waals surface area contributed by atoms with Gasteiger partial charge in [0.15, 0.2) is 0 Å². The molecule has 0 aromatic rings. The van der Waals surface area contributed by atoms with Crippen LogP contribution in [0.5, 0.6) is 0 Å². The molecule has 142 valence electrons. The fourth-order valence-electron chi connectivity index (χ4n) is 8.20. The molecule has 8 atom stereocenters. The molecule has 1 amide bonds. The Morgan fingerprint density at radius 1 is 1.12 bits per heavy atom. The summed E-state index contributed by atoms with van der Waals surface area (Å²) < 4.78 is 0. The van der Waals surface area contributed by atoms with Gasteiger partial charge in [-0.3, -0.25) is 4.79 Å². The summed E-state index contributed by atoms with van der Waals surface area (Å²) in [5, 5.41) is 0. The molecule has 4 rings (SSSR count). The third-order valence-electron chi connectivity index (χ3n) is 9.61. The second kappa shape index (κ2) is 6.17. The van der Waals surface area contributed by atoms with Crippen molar-refractivity contribution in [2.45, 2.75) is 78.2 Å². The van der Waals surface area contributed by atoms with E-state index >= 15 is 0 Å². The van der Waals surface area contributed by atoms with Gasteiger partial charge in [-0.15, -0.1) is 0 Å². The van der Waals surface area contributed by atoms with Gasteiger partial charge in [-0.25, -0.2) is 0 Å². The molecule has 0 aromatic heterocycles. The van der Waals surface area contributed by atoms with Crippen molar-refractivity contribution in [1.29, 1.82) is 0 Å². The van der Waals surface area contributed by atoms with E-state index in [1.807, 2.05) is 0 Å². The van der Waals surface area contributed by atoms with Gasteiger partial charge in [-0.1, -0.05) is 20.8 Å². The number of carbonyl (C=O) groups excluding carboxylic acids is 1. The lowest BCUT2D eigenvalue weighted by atomic mass is 9.44. The van der Waals surface area contributed by atoms with Crippen LogP contribution in [0.4, 0.5) is 0 Å². The van der Waals surface area contributed by atoms with Crippen molar-refractivity contribution in [1.82, 2.24) is 4.90 Å². The molecule has 1 aliphatic heterocycles. The quantitative estimate of drug-likeness (QED) is 0.682. The zero-order valence-electron chi connectivity index (χ0n) is 16.6. The Morgan fingerprint density at radius 3 is 2.56 bits per heavy atom. The minimum atomic E-state index is 0.350. The zero-order chi connectivity index (χ0) is 18.0. The van der Waals surface area contributed by atoms with Crippen LogP contribution in [0.25, 0.3) is 0 Å². The lowest BCUT2D eigenvalue weighted by molar-refractivity contribution is -0.166. The van der Waals surface area contributed by atoms with Crippen LogP contribution in [-0.2, 0) is 4.79 Å². The molecule has 3 saturated carbocycles. The van der Waals surface area contributed by atoms with Gasteiger partial charge in [-0.2, -0.15) is 12.6 Å². The lowest BCUT2D eigenvalue weighted by Gasteiger charge is -2.63. The third kappa shape index (κ3) is 2.47. The molecule has 0 N–H and O–H groups in total. The minimum absolute atomic E-state index is 0.350. The predicted molar refractivity (Wildman–Crippen MR) is 107 cm³/mol. The van der Waals surface area contributed by atoms with Crippen LogP contribution in [-0.4, -0.2) is 29.6 Å². The largest absolute Gasteiger partial charge is 0.342 e. The molecule has 0 radical (unpaired) electrons. The van der Waals surface area contributed by atoms with Gasteiger partial charge in [0.25, 0.3) is 0 Å². The molecule has 1 saturated heterocycles. The van der Waals surface area contributed by atoms with Crippen molar-refractivity contribution in [2.24, 2.45) is 40.4 Å². The van der Waals surface area contributed by atoms with Gasteiger partial charge in [0.1, 0.15) is 0 Å². The van der Waals surface area contributed by atoms with Crippen LogP contribution in [0.2, 0.25) is 0 Å². The van der Waals surface area contributed by atoms with E-state index < -0.39 is 0 Å². The molecule has 3 unspecified atom stereocenters. The Bertz CT molecular complexity index is 550. The minimum Gasteiger partial charge on any atom is -0.342 e. The number of fused-ring (bicyclic) bond motifs is 5. The molecule has 0 bridgehead atoms. The SMILES string of the molecule is CC1CC2N(C)C(=O)CC[C@]2(C)[C@@H]2CC[C@]3(C)C(CCS)CC[C@H]3[C@H]12. The third-order valence-corrected chi connectivity index (χ3v) is 9.86. The predicted octanol–water partition coefficient (Wildman–Crippen LogP) is 5.03. The van der Waals surface area contributed by atoms with E-state index in [1.165, 1.54) is 38.5 Å². The molecule has 2 nitrogen and oxygen atoms in total. The number of thiol groups is 1. The molecule has 4 fully saturated rings. The fraction of sp³-hybridized carbons (Fsp3) is 0.955. The summed E-state index contributed by atoms with van der Waals surface area (Å²) in [5.41, 5.74) is 0.903. The molecular weight excluding hydrogens is 326 g/mol. The first-order valence-corrected chi connectivity index (χ1v) is 11.3. The van der Waals surface area contributed by atoms with Crippen LogP contribution < -0.4 is 0 Å². The van der Waals surface area contributed by atoms with E-state index in [-0.39, 0.29) is 0 Å². The van der Waals surface area contributed by atoms with Crippen molar-refractivity contribution >= 4 is 18.5 Å². The first kappa shape index (κ1) is 18.2. The molecule has 0 aromatic carbocycles. The summed E-state index contributed by atoms with van der Waals surface area (Å²) in [6.07, 6.45) is 10.1. The number of rotatable bonds is 2. The Morgan fingerprint density at radius 2 is 1.84 bits per heavy atom. The second-order valence-corrected chi connectivity index (χ2v) is 10.8. The normalized spacial score (nSPS) is 52.5. The van der Waals surface area contributed by atoms with Gasteiger partial charge in [-0.05, 0) is 91.1 Å². The maximum absolute atomic E-state index is 12.3. The summed E-state index contributed by atoms with van der Waals surface area (Å²) in [6, 6.07) is 0.476. The van der Waals surface area contributed by atoms with E-state index in [2.05, 4.69) is 45.3 Å². The van der Waals surface area contributed by atoms with E-state index in [9.17, 15) is 4.79 Å². The van der Waals surface area contributed by atoms with Crippen LogP contribution in [0.15, 0.2) is 0 Å².